The van der Waals surface area contributed by atoms with E-state index in [4.69, 9.17) is 5.73 Å². The Kier molecular flexibility index (Phi) is 3.68. The molecule has 0 atom stereocenters. The van der Waals surface area contributed by atoms with Crippen LogP contribution in [-0.4, -0.2) is 29.5 Å². The summed E-state index contributed by atoms with van der Waals surface area (Å²) in [5.41, 5.74) is 6.62. The molecule has 108 valence electrons. The summed E-state index contributed by atoms with van der Waals surface area (Å²) >= 11 is 0. The van der Waals surface area contributed by atoms with Gasteiger partial charge in [0.05, 0.1) is 12.2 Å². The normalized spacial score (nSPS) is 11.2. The molecule has 2 aromatic rings. The Morgan fingerprint density at radius 1 is 1.45 bits per heavy atom. The Labute approximate surface area is 115 Å². The van der Waals surface area contributed by atoms with Crippen LogP contribution in [0.3, 0.4) is 0 Å². The first-order valence-corrected chi connectivity index (χ1v) is 6.27. The van der Waals surface area contributed by atoms with Crippen molar-refractivity contribution in [2.24, 2.45) is 0 Å². The van der Waals surface area contributed by atoms with E-state index in [1.807, 2.05) is 13.8 Å². The van der Waals surface area contributed by atoms with Gasteiger partial charge in [-0.25, -0.2) is 14.2 Å². The van der Waals surface area contributed by atoms with Gasteiger partial charge in [-0.2, -0.15) is 0 Å². The Balaban J connectivity index is 2.22. The molecule has 0 aliphatic rings. The number of hydrogen-bond donors (Lipinski definition) is 1. The summed E-state index contributed by atoms with van der Waals surface area (Å²) < 4.78 is 3.23. The predicted octanol–water partition coefficient (Wildman–Crippen LogP) is 1.10. The fourth-order valence-corrected chi connectivity index (χ4v) is 2.17. The van der Waals surface area contributed by atoms with Crippen molar-refractivity contribution >= 4 is 11.6 Å². The predicted molar refractivity (Wildman–Crippen MR) is 72.1 cm³/mol. The summed E-state index contributed by atoms with van der Waals surface area (Å²) in [7, 11) is 0. The van der Waals surface area contributed by atoms with Crippen molar-refractivity contribution in [2.45, 2.75) is 39.8 Å². The Morgan fingerprint density at radius 2 is 2.15 bits per heavy atom. The molecule has 0 amide bonds. The molecule has 0 saturated carbocycles. The van der Waals surface area contributed by atoms with Gasteiger partial charge in [-0.05, 0) is 10.8 Å². The first-order valence-electron chi connectivity index (χ1n) is 6.27. The maximum atomic E-state index is 10.9. The van der Waals surface area contributed by atoms with E-state index >= 15 is 0 Å². The second kappa shape index (κ2) is 5.27. The number of nitrogens with zero attached hydrogens (tertiary/aromatic N) is 6. The van der Waals surface area contributed by atoms with E-state index in [-0.39, 0.29) is 11.7 Å². The molecule has 0 aliphatic heterocycles. The van der Waals surface area contributed by atoms with Crippen LogP contribution < -0.4 is 5.73 Å². The monoisotopic (exact) mass is 279 g/mol. The minimum Gasteiger partial charge on any atom is -0.381 e. The number of hydrogen-bond acceptors (Lipinski definition) is 6. The topological polar surface area (TPSA) is 118 Å². The van der Waals surface area contributed by atoms with E-state index in [2.05, 4.69) is 15.3 Å². The van der Waals surface area contributed by atoms with Crippen LogP contribution in [0.5, 0.6) is 0 Å². The van der Waals surface area contributed by atoms with Crippen LogP contribution in [0.25, 0.3) is 0 Å². The molecule has 20 heavy (non-hydrogen) atoms. The minimum absolute atomic E-state index is 0.0262. The van der Waals surface area contributed by atoms with Gasteiger partial charge >= 0.3 is 5.82 Å². The standard InChI is InChI=1S/C11H17N7O2/c1-7(2)10-11(12)14-15-17(10)5-4-16-8(3)13-6-9(16)18(19)20/h6-7H,4-5,12H2,1-3H3. The maximum Gasteiger partial charge on any atom is 0.342 e. The average molecular weight is 279 g/mol. The van der Waals surface area contributed by atoms with Gasteiger partial charge in [-0.3, -0.25) is 0 Å². The molecule has 2 N–H and O–H groups in total. The number of aryl methyl sites for hydroxylation is 2. The maximum absolute atomic E-state index is 10.9. The molecule has 0 spiro atoms. The molecular formula is C11H17N7O2. The number of anilines is 1. The highest BCUT2D eigenvalue weighted by molar-refractivity contribution is 5.35. The van der Waals surface area contributed by atoms with Gasteiger partial charge < -0.3 is 15.8 Å². The highest BCUT2D eigenvalue weighted by Gasteiger charge is 2.19. The van der Waals surface area contributed by atoms with Crippen LogP contribution in [0.15, 0.2) is 6.20 Å². The van der Waals surface area contributed by atoms with Gasteiger partial charge in [0.25, 0.3) is 0 Å². The molecule has 0 saturated heterocycles. The molecule has 2 rings (SSSR count). The zero-order chi connectivity index (χ0) is 14.9. The SMILES string of the molecule is Cc1ncc([N+](=O)[O-])n1CCn1nnc(N)c1C(C)C. The lowest BCUT2D eigenvalue weighted by Crippen LogP contribution is -2.14. The fourth-order valence-electron chi connectivity index (χ4n) is 2.17. The summed E-state index contributed by atoms with van der Waals surface area (Å²) in [5.74, 6) is 1.15. The number of nitro groups is 1. The van der Waals surface area contributed by atoms with Crippen molar-refractivity contribution < 1.29 is 4.92 Å². The Morgan fingerprint density at radius 3 is 2.75 bits per heavy atom. The van der Waals surface area contributed by atoms with Crippen molar-refractivity contribution in [3.63, 3.8) is 0 Å². The lowest BCUT2D eigenvalue weighted by atomic mass is 10.1. The molecule has 2 heterocycles. The zero-order valence-electron chi connectivity index (χ0n) is 11.6. The Bertz CT molecular complexity index is 629. The number of nitrogens with two attached hydrogens (primary N) is 1. The van der Waals surface area contributed by atoms with Gasteiger partial charge in [-0.1, -0.05) is 19.1 Å². The third-order valence-electron chi connectivity index (χ3n) is 3.10. The summed E-state index contributed by atoms with van der Waals surface area (Å²) in [5, 5.41) is 18.7. The summed E-state index contributed by atoms with van der Waals surface area (Å²) in [6.07, 6.45) is 1.26. The number of imidazole rings is 1. The molecule has 9 nitrogen and oxygen atoms in total. The van der Waals surface area contributed by atoms with Crippen LogP contribution in [0, 0.1) is 17.0 Å². The van der Waals surface area contributed by atoms with Gasteiger partial charge in [0.15, 0.2) is 11.6 Å². The zero-order valence-corrected chi connectivity index (χ0v) is 11.6. The molecule has 0 fully saturated rings. The second-order valence-electron chi connectivity index (χ2n) is 4.81. The van der Waals surface area contributed by atoms with Crippen molar-refractivity contribution in [1.82, 2.24) is 24.5 Å². The van der Waals surface area contributed by atoms with E-state index in [0.29, 0.717) is 24.7 Å². The lowest BCUT2D eigenvalue weighted by Gasteiger charge is -2.09. The van der Waals surface area contributed by atoms with E-state index in [1.54, 1.807) is 16.2 Å². The van der Waals surface area contributed by atoms with E-state index in [1.165, 1.54) is 6.20 Å². The molecule has 0 aliphatic carbocycles. The van der Waals surface area contributed by atoms with Crippen LogP contribution in [0.2, 0.25) is 0 Å². The third-order valence-corrected chi connectivity index (χ3v) is 3.10. The molecule has 0 unspecified atom stereocenters. The summed E-state index contributed by atoms with van der Waals surface area (Å²) in [6.45, 7) is 6.57. The molecule has 2 aromatic heterocycles. The van der Waals surface area contributed by atoms with Crippen LogP contribution in [0.1, 0.15) is 31.3 Å². The largest absolute Gasteiger partial charge is 0.381 e. The first-order chi connectivity index (χ1) is 9.41. The van der Waals surface area contributed by atoms with Crippen LogP contribution >= 0.6 is 0 Å². The summed E-state index contributed by atoms with van der Waals surface area (Å²) in [4.78, 5) is 14.4. The highest BCUT2D eigenvalue weighted by atomic mass is 16.6. The quantitative estimate of drug-likeness (QED) is 0.646. The highest BCUT2D eigenvalue weighted by Crippen LogP contribution is 2.20. The first kappa shape index (κ1) is 14.0. The number of aromatic nitrogens is 5. The molecular weight excluding hydrogens is 262 g/mol. The minimum atomic E-state index is -0.445. The van der Waals surface area contributed by atoms with E-state index < -0.39 is 4.92 Å². The summed E-state index contributed by atoms with van der Waals surface area (Å²) in [6, 6.07) is 0. The van der Waals surface area contributed by atoms with Crippen LogP contribution in [0.4, 0.5) is 11.6 Å². The van der Waals surface area contributed by atoms with Gasteiger partial charge in [-0.15, -0.1) is 5.10 Å². The molecule has 0 radical (unpaired) electrons. The van der Waals surface area contributed by atoms with Crippen molar-refractivity contribution in [2.75, 3.05) is 5.73 Å². The van der Waals surface area contributed by atoms with E-state index in [0.717, 1.165) is 5.69 Å². The van der Waals surface area contributed by atoms with Gasteiger partial charge in [0.2, 0.25) is 0 Å². The number of nitrogen functional groups attached to an aromatic ring is 1. The molecule has 0 bridgehead atoms. The van der Waals surface area contributed by atoms with Crippen molar-refractivity contribution in [3.05, 3.63) is 27.8 Å². The lowest BCUT2D eigenvalue weighted by molar-refractivity contribution is -0.392. The van der Waals surface area contributed by atoms with Gasteiger partial charge in [0, 0.05) is 6.92 Å². The second-order valence-corrected chi connectivity index (χ2v) is 4.81. The Hall–Kier alpha value is -2.45. The van der Waals surface area contributed by atoms with Gasteiger partial charge in [0.1, 0.15) is 12.7 Å². The smallest absolute Gasteiger partial charge is 0.342 e. The average Bonchev–Trinajstić information content (AvgIpc) is 2.90. The van der Waals surface area contributed by atoms with Crippen molar-refractivity contribution in [1.29, 1.82) is 0 Å². The fraction of sp³-hybridized carbons (Fsp3) is 0.545. The number of rotatable bonds is 5. The van der Waals surface area contributed by atoms with E-state index in [9.17, 15) is 10.1 Å². The molecule has 9 heteroatoms. The molecule has 0 aromatic carbocycles. The van der Waals surface area contributed by atoms with Crippen LogP contribution in [-0.2, 0) is 13.1 Å². The van der Waals surface area contributed by atoms with Crippen molar-refractivity contribution in [3.8, 4) is 0 Å². The third kappa shape index (κ3) is 2.46.